The van der Waals surface area contributed by atoms with E-state index in [1.54, 1.807) is 6.07 Å². The monoisotopic (exact) mass is 408 g/mol. The summed E-state index contributed by atoms with van der Waals surface area (Å²) < 4.78 is 6.36. The topological polar surface area (TPSA) is 50.4 Å². The van der Waals surface area contributed by atoms with Crippen molar-refractivity contribution >= 4 is 45.8 Å². The molecule has 110 valence electrons. The summed E-state index contributed by atoms with van der Waals surface area (Å²) in [4.78, 5) is 12.4. The fourth-order valence-electron chi connectivity index (χ4n) is 2.16. The summed E-state index contributed by atoms with van der Waals surface area (Å²) in [7, 11) is 0. The standard InChI is InChI=1S/C14H18ClIN2O2/c1-2-5-17-13-8-20-7-10(13)14(19)18-12-4-3-9(15)6-11(12)16/h3-4,6,10,13,17H,2,5,7-8H2,1H3,(H,18,19). The van der Waals surface area contributed by atoms with Crippen LogP contribution >= 0.6 is 34.2 Å². The van der Waals surface area contributed by atoms with Crippen molar-refractivity contribution in [3.8, 4) is 0 Å². The molecular weight excluding hydrogens is 391 g/mol. The van der Waals surface area contributed by atoms with Crippen LogP contribution in [-0.4, -0.2) is 31.7 Å². The van der Waals surface area contributed by atoms with Crippen LogP contribution in [0.15, 0.2) is 18.2 Å². The van der Waals surface area contributed by atoms with Gasteiger partial charge < -0.3 is 15.4 Å². The van der Waals surface area contributed by atoms with Crippen LogP contribution < -0.4 is 10.6 Å². The number of rotatable bonds is 5. The normalized spacial score (nSPS) is 21.9. The maximum atomic E-state index is 12.4. The smallest absolute Gasteiger partial charge is 0.231 e. The SMILES string of the molecule is CCCNC1COCC1C(=O)Nc1ccc(Cl)cc1I. The zero-order chi connectivity index (χ0) is 14.5. The number of amides is 1. The summed E-state index contributed by atoms with van der Waals surface area (Å²) in [5.74, 6) is -0.149. The van der Waals surface area contributed by atoms with Crippen molar-refractivity contribution < 1.29 is 9.53 Å². The first kappa shape index (κ1) is 16.0. The third kappa shape index (κ3) is 4.07. The molecule has 6 heteroatoms. The lowest BCUT2D eigenvalue weighted by molar-refractivity contribution is -0.120. The summed E-state index contributed by atoms with van der Waals surface area (Å²) in [6.45, 7) is 4.07. The Labute approximate surface area is 137 Å². The predicted molar refractivity (Wildman–Crippen MR) is 89.2 cm³/mol. The van der Waals surface area contributed by atoms with E-state index in [1.807, 2.05) is 12.1 Å². The molecule has 2 N–H and O–H groups in total. The Morgan fingerprint density at radius 2 is 2.30 bits per heavy atom. The van der Waals surface area contributed by atoms with Crippen molar-refractivity contribution in [3.05, 3.63) is 26.8 Å². The number of hydrogen-bond donors (Lipinski definition) is 2. The van der Waals surface area contributed by atoms with E-state index >= 15 is 0 Å². The highest BCUT2D eigenvalue weighted by molar-refractivity contribution is 14.1. The van der Waals surface area contributed by atoms with Crippen LogP contribution in [0.5, 0.6) is 0 Å². The van der Waals surface area contributed by atoms with Crippen molar-refractivity contribution in [2.45, 2.75) is 19.4 Å². The Morgan fingerprint density at radius 3 is 3.00 bits per heavy atom. The van der Waals surface area contributed by atoms with Crippen molar-refractivity contribution in [2.24, 2.45) is 5.92 Å². The maximum Gasteiger partial charge on any atom is 0.231 e. The van der Waals surface area contributed by atoms with Crippen LogP contribution in [0.2, 0.25) is 5.02 Å². The molecule has 0 aromatic heterocycles. The number of carbonyl (C=O) groups excluding carboxylic acids is 1. The van der Waals surface area contributed by atoms with Crippen molar-refractivity contribution in [1.82, 2.24) is 5.32 Å². The molecule has 1 aliphatic rings. The van der Waals surface area contributed by atoms with Gasteiger partial charge in [-0.2, -0.15) is 0 Å². The first-order valence-electron chi connectivity index (χ1n) is 6.69. The Hall–Kier alpha value is -0.370. The molecular formula is C14H18ClIN2O2. The molecule has 2 rings (SSSR count). The van der Waals surface area contributed by atoms with Gasteiger partial charge in [0, 0.05) is 14.6 Å². The molecule has 20 heavy (non-hydrogen) atoms. The van der Waals surface area contributed by atoms with E-state index in [0.717, 1.165) is 22.2 Å². The molecule has 2 unspecified atom stereocenters. The average Bonchev–Trinajstić information content (AvgIpc) is 2.88. The number of ether oxygens (including phenoxy) is 1. The second-order valence-corrected chi connectivity index (χ2v) is 6.42. The Balaban J connectivity index is 2.00. The molecule has 1 saturated heterocycles. The van der Waals surface area contributed by atoms with Crippen LogP contribution in [0.4, 0.5) is 5.69 Å². The van der Waals surface area contributed by atoms with Crippen LogP contribution in [0, 0.1) is 9.49 Å². The van der Waals surface area contributed by atoms with Gasteiger partial charge in [0.25, 0.3) is 0 Å². The molecule has 0 aliphatic carbocycles. The van der Waals surface area contributed by atoms with Gasteiger partial charge in [-0.15, -0.1) is 0 Å². The molecule has 1 aliphatic heterocycles. The average molecular weight is 409 g/mol. The fraction of sp³-hybridized carbons (Fsp3) is 0.500. The Kier molecular flexibility index (Phi) is 6.07. The number of carbonyl (C=O) groups is 1. The number of halogens is 2. The lowest BCUT2D eigenvalue weighted by Gasteiger charge is -2.18. The summed E-state index contributed by atoms with van der Waals surface area (Å²) in [5.41, 5.74) is 0.793. The van der Waals surface area contributed by atoms with Gasteiger partial charge >= 0.3 is 0 Å². The van der Waals surface area contributed by atoms with E-state index in [0.29, 0.717) is 18.2 Å². The minimum Gasteiger partial charge on any atom is -0.379 e. The largest absolute Gasteiger partial charge is 0.379 e. The zero-order valence-electron chi connectivity index (χ0n) is 11.3. The lowest BCUT2D eigenvalue weighted by Crippen LogP contribution is -2.41. The number of benzene rings is 1. The second kappa shape index (κ2) is 7.59. The number of anilines is 1. The van der Waals surface area contributed by atoms with Gasteiger partial charge in [0.05, 0.1) is 24.8 Å². The Bertz CT molecular complexity index is 484. The highest BCUT2D eigenvalue weighted by Crippen LogP contribution is 2.24. The molecule has 1 aromatic rings. The molecule has 0 spiro atoms. The molecule has 2 atom stereocenters. The van der Waals surface area contributed by atoms with E-state index in [1.165, 1.54) is 0 Å². The van der Waals surface area contributed by atoms with E-state index in [-0.39, 0.29) is 17.9 Å². The van der Waals surface area contributed by atoms with Crippen LogP contribution in [0.25, 0.3) is 0 Å². The van der Waals surface area contributed by atoms with E-state index in [4.69, 9.17) is 16.3 Å². The summed E-state index contributed by atoms with van der Waals surface area (Å²) in [6, 6.07) is 5.53. The maximum absolute atomic E-state index is 12.4. The third-order valence-electron chi connectivity index (χ3n) is 3.26. The number of nitrogens with one attached hydrogen (secondary N) is 2. The summed E-state index contributed by atoms with van der Waals surface area (Å²) in [6.07, 6.45) is 1.04. The Morgan fingerprint density at radius 1 is 1.50 bits per heavy atom. The molecule has 4 nitrogen and oxygen atoms in total. The number of hydrogen-bond acceptors (Lipinski definition) is 3. The van der Waals surface area contributed by atoms with Gasteiger partial charge in [-0.3, -0.25) is 4.79 Å². The first-order valence-corrected chi connectivity index (χ1v) is 8.14. The molecule has 1 heterocycles. The van der Waals surface area contributed by atoms with Gasteiger partial charge in [-0.25, -0.2) is 0 Å². The molecule has 1 amide bonds. The minimum absolute atomic E-state index is 0.00339. The summed E-state index contributed by atoms with van der Waals surface area (Å²) in [5, 5.41) is 6.99. The van der Waals surface area contributed by atoms with Gasteiger partial charge in [0.15, 0.2) is 0 Å². The first-order chi connectivity index (χ1) is 9.61. The van der Waals surface area contributed by atoms with Crippen LogP contribution in [-0.2, 0) is 9.53 Å². The zero-order valence-corrected chi connectivity index (χ0v) is 14.2. The highest BCUT2D eigenvalue weighted by atomic mass is 127. The fourth-order valence-corrected chi connectivity index (χ4v) is 3.17. The van der Waals surface area contributed by atoms with Gasteiger partial charge in [-0.05, 0) is 53.8 Å². The molecule has 0 bridgehead atoms. The van der Waals surface area contributed by atoms with Crippen LogP contribution in [0.3, 0.4) is 0 Å². The molecule has 0 saturated carbocycles. The van der Waals surface area contributed by atoms with E-state index in [9.17, 15) is 4.79 Å². The predicted octanol–water partition coefficient (Wildman–Crippen LogP) is 2.90. The van der Waals surface area contributed by atoms with Crippen molar-refractivity contribution in [2.75, 3.05) is 25.1 Å². The summed E-state index contributed by atoms with van der Waals surface area (Å²) >= 11 is 8.08. The van der Waals surface area contributed by atoms with Gasteiger partial charge in [0.2, 0.25) is 5.91 Å². The molecule has 1 aromatic carbocycles. The van der Waals surface area contributed by atoms with Crippen LogP contribution in [0.1, 0.15) is 13.3 Å². The van der Waals surface area contributed by atoms with E-state index < -0.39 is 0 Å². The van der Waals surface area contributed by atoms with Gasteiger partial charge in [-0.1, -0.05) is 18.5 Å². The quantitative estimate of drug-likeness (QED) is 0.737. The molecule has 1 fully saturated rings. The molecule has 0 radical (unpaired) electrons. The lowest BCUT2D eigenvalue weighted by atomic mass is 10.0. The van der Waals surface area contributed by atoms with Crippen molar-refractivity contribution in [1.29, 1.82) is 0 Å². The minimum atomic E-state index is -0.145. The van der Waals surface area contributed by atoms with E-state index in [2.05, 4.69) is 40.1 Å². The van der Waals surface area contributed by atoms with Gasteiger partial charge in [0.1, 0.15) is 0 Å². The third-order valence-corrected chi connectivity index (χ3v) is 4.39. The second-order valence-electron chi connectivity index (χ2n) is 4.82. The van der Waals surface area contributed by atoms with Crippen molar-refractivity contribution in [3.63, 3.8) is 0 Å². The highest BCUT2D eigenvalue weighted by Gasteiger charge is 2.33.